The fourth-order valence-electron chi connectivity index (χ4n) is 2.85. The monoisotopic (exact) mass is 338 g/mol. The number of hydrogen-bond acceptors (Lipinski definition) is 4. The zero-order chi connectivity index (χ0) is 17.8. The van der Waals surface area contributed by atoms with Crippen LogP contribution in [0.5, 0.6) is 5.75 Å². The molecule has 1 atom stereocenters. The van der Waals surface area contributed by atoms with E-state index in [1.54, 1.807) is 6.07 Å². The highest BCUT2D eigenvalue weighted by Gasteiger charge is 2.23. The molecule has 0 heterocycles. The predicted octanol–water partition coefficient (Wildman–Crippen LogP) is 3.28. The summed E-state index contributed by atoms with van der Waals surface area (Å²) in [6, 6.07) is 18.2. The quantitative estimate of drug-likeness (QED) is 0.600. The molecule has 25 heavy (non-hydrogen) atoms. The van der Waals surface area contributed by atoms with Gasteiger partial charge in [0, 0.05) is 18.6 Å². The third-order valence-electron chi connectivity index (χ3n) is 3.93. The lowest BCUT2D eigenvalue weighted by Crippen LogP contribution is -2.19. The third kappa shape index (κ3) is 3.47. The minimum absolute atomic E-state index is 0.00738. The van der Waals surface area contributed by atoms with Crippen molar-refractivity contribution in [3.05, 3.63) is 66.2 Å². The average molecular weight is 338 g/mol. The number of ether oxygens (including phenoxy) is 1. The van der Waals surface area contributed by atoms with Crippen molar-refractivity contribution >= 4 is 16.7 Å². The van der Waals surface area contributed by atoms with Gasteiger partial charge in [-0.3, -0.25) is 0 Å². The highest BCUT2D eigenvalue weighted by Crippen LogP contribution is 2.38. The number of benzene rings is 3. The Balaban J connectivity index is 2.30. The van der Waals surface area contributed by atoms with Gasteiger partial charge in [0.05, 0.1) is 0 Å². The van der Waals surface area contributed by atoms with Gasteiger partial charge in [-0.1, -0.05) is 54.6 Å². The van der Waals surface area contributed by atoms with E-state index in [1.807, 2.05) is 54.6 Å². The van der Waals surface area contributed by atoms with E-state index in [9.17, 15) is 15.0 Å². The molecule has 0 aliphatic carbocycles. The molecule has 3 aromatic rings. The summed E-state index contributed by atoms with van der Waals surface area (Å²) in [7, 11) is 0. The van der Waals surface area contributed by atoms with Gasteiger partial charge in [0.2, 0.25) is 0 Å². The van der Waals surface area contributed by atoms with Crippen LogP contribution >= 0.6 is 0 Å². The Hall–Kier alpha value is -2.89. The minimum atomic E-state index is -1.28. The van der Waals surface area contributed by atoms with Crippen molar-refractivity contribution in [1.82, 2.24) is 0 Å². The number of carbonyl (C=O) groups is 1. The molecule has 0 aliphatic rings. The molecule has 3 rings (SSSR count). The molecule has 0 amide bonds. The zero-order valence-corrected chi connectivity index (χ0v) is 13.4. The first-order valence-electron chi connectivity index (χ1n) is 7.92. The molecular formula is C20H18O5. The number of fused-ring (bicyclic) bond motifs is 1. The number of aromatic carboxylic acids is 1. The van der Waals surface area contributed by atoms with Crippen LogP contribution in [0.25, 0.3) is 21.9 Å². The number of carboxylic acid groups (broad SMARTS) is 1. The van der Waals surface area contributed by atoms with Crippen LogP contribution in [-0.2, 0) is 0 Å². The molecule has 0 radical (unpaired) electrons. The molecule has 3 aromatic carbocycles. The SMILES string of the molecule is O=C(O)c1c(OC(O)CCO)cc2ccccc2c1-c1ccccc1. The Morgan fingerprint density at radius 3 is 2.40 bits per heavy atom. The van der Waals surface area contributed by atoms with Gasteiger partial charge < -0.3 is 20.1 Å². The van der Waals surface area contributed by atoms with Crippen molar-refractivity contribution in [1.29, 1.82) is 0 Å². The van der Waals surface area contributed by atoms with Crippen molar-refractivity contribution < 1.29 is 24.9 Å². The highest BCUT2D eigenvalue weighted by atomic mass is 16.6. The summed E-state index contributed by atoms with van der Waals surface area (Å²) in [5.74, 6) is -1.07. The van der Waals surface area contributed by atoms with Gasteiger partial charge in [-0.25, -0.2) is 4.79 Å². The molecule has 0 aromatic heterocycles. The summed E-state index contributed by atoms with van der Waals surface area (Å²) in [5, 5.41) is 30.2. The Morgan fingerprint density at radius 1 is 1.04 bits per heavy atom. The summed E-state index contributed by atoms with van der Waals surface area (Å²) < 4.78 is 5.43. The molecule has 5 heteroatoms. The molecule has 0 spiro atoms. The van der Waals surface area contributed by atoms with E-state index in [2.05, 4.69) is 0 Å². The van der Waals surface area contributed by atoms with Crippen molar-refractivity contribution in [2.24, 2.45) is 0 Å². The van der Waals surface area contributed by atoms with Crippen LogP contribution in [0.15, 0.2) is 60.7 Å². The molecule has 5 nitrogen and oxygen atoms in total. The largest absolute Gasteiger partial charge is 0.478 e. The fraction of sp³-hybridized carbons (Fsp3) is 0.150. The van der Waals surface area contributed by atoms with Gasteiger partial charge >= 0.3 is 5.97 Å². The first-order valence-corrected chi connectivity index (χ1v) is 7.92. The van der Waals surface area contributed by atoms with Gasteiger partial charge in [-0.05, 0) is 22.4 Å². The molecule has 0 fully saturated rings. The Labute approximate surface area is 144 Å². The summed E-state index contributed by atoms with van der Waals surface area (Å²) in [6.45, 7) is -0.261. The van der Waals surface area contributed by atoms with Gasteiger partial charge in [-0.2, -0.15) is 0 Å². The van der Waals surface area contributed by atoms with Crippen molar-refractivity contribution in [3.63, 3.8) is 0 Å². The Kier molecular flexibility index (Phi) is 4.97. The van der Waals surface area contributed by atoms with E-state index in [4.69, 9.17) is 9.84 Å². The van der Waals surface area contributed by atoms with Crippen LogP contribution in [0.4, 0.5) is 0 Å². The lowest BCUT2D eigenvalue weighted by Gasteiger charge is -2.19. The molecule has 0 bridgehead atoms. The standard InChI is InChI=1S/C20H18O5/c21-11-10-17(22)25-16-12-14-8-4-5-9-15(14)18(19(16)20(23)24)13-6-2-1-3-7-13/h1-9,12,17,21-22H,10-11H2,(H,23,24). The van der Waals surface area contributed by atoms with Crippen LogP contribution in [0.3, 0.4) is 0 Å². The van der Waals surface area contributed by atoms with E-state index in [0.29, 0.717) is 5.56 Å². The normalized spacial score (nSPS) is 12.1. The van der Waals surface area contributed by atoms with Gasteiger partial charge in [0.1, 0.15) is 11.3 Å². The topological polar surface area (TPSA) is 87.0 Å². The van der Waals surface area contributed by atoms with Crippen LogP contribution in [0, 0.1) is 0 Å². The van der Waals surface area contributed by atoms with E-state index in [1.165, 1.54) is 0 Å². The zero-order valence-electron chi connectivity index (χ0n) is 13.4. The Bertz CT molecular complexity index is 889. The Morgan fingerprint density at radius 2 is 1.72 bits per heavy atom. The number of hydrogen-bond donors (Lipinski definition) is 3. The maximum atomic E-state index is 12.0. The number of aliphatic hydroxyl groups is 2. The van der Waals surface area contributed by atoms with E-state index in [-0.39, 0.29) is 24.3 Å². The number of aliphatic hydroxyl groups excluding tert-OH is 2. The lowest BCUT2D eigenvalue weighted by atomic mass is 9.92. The molecule has 1 unspecified atom stereocenters. The fourth-order valence-corrected chi connectivity index (χ4v) is 2.85. The van der Waals surface area contributed by atoms with Crippen molar-refractivity contribution in [3.8, 4) is 16.9 Å². The summed E-state index contributed by atoms with van der Waals surface area (Å²) in [6.07, 6.45) is -1.29. The summed E-state index contributed by atoms with van der Waals surface area (Å²) >= 11 is 0. The van der Waals surface area contributed by atoms with E-state index in [0.717, 1.165) is 16.3 Å². The second-order valence-corrected chi connectivity index (χ2v) is 5.60. The van der Waals surface area contributed by atoms with Gasteiger partial charge in [0.15, 0.2) is 6.29 Å². The average Bonchev–Trinajstić information content (AvgIpc) is 2.61. The molecule has 128 valence electrons. The molecule has 0 saturated heterocycles. The molecule has 0 aliphatic heterocycles. The summed E-state index contributed by atoms with van der Waals surface area (Å²) in [5.41, 5.74) is 1.28. The minimum Gasteiger partial charge on any atom is -0.478 e. The number of rotatable bonds is 6. The first-order chi connectivity index (χ1) is 12.1. The van der Waals surface area contributed by atoms with Crippen LogP contribution in [0.2, 0.25) is 0 Å². The van der Waals surface area contributed by atoms with Crippen LogP contribution in [-0.4, -0.2) is 34.2 Å². The maximum absolute atomic E-state index is 12.0. The predicted molar refractivity (Wildman–Crippen MR) is 94.7 cm³/mol. The van der Waals surface area contributed by atoms with Crippen LogP contribution in [0.1, 0.15) is 16.8 Å². The van der Waals surface area contributed by atoms with Gasteiger partial charge in [0.25, 0.3) is 0 Å². The molecular weight excluding hydrogens is 320 g/mol. The van der Waals surface area contributed by atoms with E-state index >= 15 is 0 Å². The maximum Gasteiger partial charge on any atom is 0.340 e. The van der Waals surface area contributed by atoms with Crippen molar-refractivity contribution in [2.45, 2.75) is 12.7 Å². The number of carboxylic acids is 1. The van der Waals surface area contributed by atoms with Crippen molar-refractivity contribution in [2.75, 3.05) is 6.61 Å². The second kappa shape index (κ2) is 7.34. The van der Waals surface area contributed by atoms with Crippen LogP contribution < -0.4 is 4.74 Å². The highest BCUT2D eigenvalue weighted by molar-refractivity contribution is 6.10. The second-order valence-electron chi connectivity index (χ2n) is 5.60. The lowest BCUT2D eigenvalue weighted by molar-refractivity contribution is -0.0331. The molecule has 3 N–H and O–H groups in total. The van der Waals surface area contributed by atoms with E-state index < -0.39 is 12.3 Å². The smallest absolute Gasteiger partial charge is 0.340 e. The molecule has 0 saturated carbocycles. The third-order valence-corrected chi connectivity index (χ3v) is 3.93. The summed E-state index contributed by atoms with van der Waals surface area (Å²) in [4.78, 5) is 12.0. The van der Waals surface area contributed by atoms with Gasteiger partial charge in [-0.15, -0.1) is 0 Å². The first kappa shape index (κ1) is 17.0.